The summed E-state index contributed by atoms with van der Waals surface area (Å²) in [6, 6.07) is 20.0. The van der Waals surface area contributed by atoms with Crippen molar-refractivity contribution in [3.63, 3.8) is 0 Å². The molecule has 0 radical (unpaired) electrons. The lowest BCUT2D eigenvalue weighted by molar-refractivity contribution is -0.142. The average Bonchev–Trinajstić information content (AvgIpc) is 2.97. The number of nitriles is 1. The monoisotopic (exact) mass is 547 g/mol. The Kier molecular flexibility index (Phi) is 9.27. The largest absolute Gasteiger partial charge is 0.493 e. The zero-order valence-corrected chi connectivity index (χ0v) is 22.2. The lowest BCUT2D eigenvalue weighted by atomic mass is 10.1. The Hall–Kier alpha value is -4.68. The highest BCUT2D eigenvalue weighted by atomic mass is 35.5. The van der Waals surface area contributed by atoms with Crippen molar-refractivity contribution in [2.24, 2.45) is 0 Å². The van der Waals surface area contributed by atoms with E-state index in [-0.39, 0.29) is 6.61 Å². The summed E-state index contributed by atoms with van der Waals surface area (Å²) in [4.78, 5) is 15.9. The Bertz CT molecular complexity index is 1490. The van der Waals surface area contributed by atoms with Gasteiger partial charge >= 0.3 is 5.97 Å². The van der Waals surface area contributed by atoms with Crippen LogP contribution in [0.1, 0.15) is 12.0 Å². The number of aromatic nitrogens is 1. The molecule has 0 unspecified atom stereocenters. The van der Waals surface area contributed by atoms with E-state index >= 15 is 0 Å². The molecule has 0 bridgehead atoms. The molecule has 0 saturated carbocycles. The number of pyridine rings is 1. The van der Waals surface area contributed by atoms with E-state index < -0.39 is 5.97 Å². The third-order valence-electron chi connectivity index (χ3n) is 5.58. The maximum absolute atomic E-state index is 11.4. The number of alkyl halides is 1. The molecule has 0 aliphatic carbocycles. The number of methoxy groups -OCH3 is 2. The van der Waals surface area contributed by atoms with Crippen molar-refractivity contribution < 1.29 is 28.5 Å². The summed E-state index contributed by atoms with van der Waals surface area (Å²) in [6.45, 7) is 0.218. The van der Waals surface area contributed by atoms with Crippen LogP contribution in [0.15, 0.2) is 66.9 Å². The number of fused-ring (bicyclic) bond motifs is 1. The van der Waals surface area contributed by atoms with Crippen LogP contribution in [0.5, 0.6) is 28.7 Å². The quantitative estimate of drug-likeness (QED) is 0.126. The number of halogens is 1. The second kappa shape index (κ2) is 13.2. The molecule has 0 fully saturated rings. The molecule has 1 N–H and O–H groups in total. The van der Waals surface area contributed by atoms with Gasteiger partial charge in [0.2, 0.25) is 0 Å². The Morgan fingerprint density at radius 3 is 2.46 bits per heavy atom. The molecule has 0 saturated heterocycles. The molecule has 0 amide bonds. The highest BCUT2D eigenvalue weighted by Crippen LogP contribution is 2.38. The zero-order valence-electron chi connectivity index (χ0n) is 21.4. The van der Waals surface area contributed by atoms with Crippen LogP contribution in [-0.4, -0.2) is 44.3 Å². The summed E-state index contributed by atoms with van der Waals surface area (Å²) in [5.41, 5.74) is 2.32. The number of nitrogens with one attached hydrogen (secondary N) is 1. The van der Waals surface area contributed by atoms with Gasteiger partial charge in [0.1, 0.15) is 11.8 Å². The van der Waals surface area contributed by atoms with E-state index in [9.17, 15) is 10.1 Å². The van der Waals surface area contributed by atoms with Crippen LogP contribution in [0.4, 0.5) is 11.4 Å². The summed E-state index contributed by atoms with van der Waals surface area (Å²) >= 11 is 5.76. The zero-order chi connectivity index (χ0) is 27.6. The molecule has 4 aromatic rings. The van der Waals surface area contributed by atoms with E-state index in [1.807, 2.05) is 12.1 Å². The first-order valence-electron chi connectivity index (χ1n) is 12.0. The van der Waals surface area contributed by atoms with Crippen molar-refractivity contribution in [1.82, 2.24) is 4.98 Å². The molecule has 1 heterocycles. The topological polar surface area (TPSA) is 112 Å². The van der Waals surface area contributed by atoms with E-state index in [1.165, 1.54) is 13.3 Å². The minimum absolute atomic E-state index is 0.229. The molecular weight excluding hydrogens is 522 g/mol. The first-order valence-corrected chi connectivity index (χ1v) is 12.5. The number of carbonyl (C=O) groups is 1. The molecule has 0 aliphatic heterocycles. The predicted molar refractivity (Wildman–Crippen MR) is 148 cm³/mol. The van der Waals surface area contributed by atoms with Crippen molar-refractivity contribution >= 4 is 39.8 Å². The maximum atomic E-state index is 11.4. The minimum atomic E-state index is -0.492. The molecular formula is C29H26ClN3O6. The first kappa shape index (κ1) is 27.4. The lowest BCUT2D eigenvalue weighted by Crippen LogP contribution is -2.12. The molecule has 0 spiro atoms. The van der Waals surface area contributed by atoms with Crippen molar-refractivity contribution in [3.8, 4) is 34.8 Å². The van der Waals surface area contributed by atoms with Crippen LogP contribution >= 0.6 is 11.6 Å². The highest BCUT2D eigenvalue weighted by molar-refractivity contribution is 6.17. The SMILES string of the molecule is COC(=O)COc1ccccc1Oc1ccc(Nc2c(C#N)cnc3cc(OCCCCl)c(OC)cc23)cc1. The Morgan fingerprint density at radius 1 is 1.00 bits per heavy atom. The summed E-state index contributed by atoms with van der Waals surface area (Å²) < 4.78 is 27.5. The second-order valence-electron chi connectivity index (χ2n) is 8.13. The number of benzene rings is 3. The number of esters is 1. The maximum Gasteiger partial charge on any atom is 0.343 e. The molecule has 10 heteroatoms. The fourth-order valence-electron chi connectivity index (χ4n) is 3.66. The number of carbonyl (C=O) groups excluding carboxylic acids is 1. The van der Waals surface area contributed by atoms with Gasteiger partial charge in [-0.3, -0.25) is 4.98 Å². The number of nitrogens with zero attached hydrogens (tertiary/aromatic N) is 2. The van der Waals surface area contributed by atoms with Gasteiger partial charge in [-0.2, -0.15) is 5.26 Å². The molecule has 0 aliphatic rings. The standard InChI is InChI=1S/C29H26ClN3O6/c1-35-26-14-22-23(15-27(26)37-13-5-12-30)32-17-19(16-31)29(22)33-20-8-10-21(11-9-20)39-25-7-4-3-6-24(25)38-18-28(34)36-2/h3-4,6-11,14-15,17H,5,12-13,18H2,1-2H3,(H,32,33). The molecule has 1 aromatic heterocycles. The van der Waals surface area contributed by atoms with Gasteiger partial charge in [-0.25, -0.2) is 4.79 Å². The summed E-state index contributed by atoms with van der Waals surface area (Å²) in [5.74, 6) is 2.48. The van der Waals surface area contributed by atoms with Crippen molar-refractivity contribution in [2.45, 2.75) is 6.42 Å². The van der Waals surface area contributed by atoms with Crippen molar-refractivity contribution in [2.75, 3.05) is 38.6 Å². The van der Waals surface area contributed by atoms with Crippen LogP contribution in [0.2, 0.25) is 0 Å². The molecule has 0 atom stereocenters. The Balaban J connectivity index is 1.57. The second-order valence-corrected chi connectivity index (χ2v) is 8.51. The fraction of sp³-hybridized carbons (Fsp3) is 0.207. The van der Waals surface area contributed by atoms with Gasteiger partial charge in [0.05, 0.1) is 37.6 Å². The molecule has 9 nitrogen and oxygen atoms in total. The molecule has 39 heavy (non-hydrogen) atoms. The fourth-order valence-corrected chi connectivity index (χ4v) is 3.76. The highest BCUT2D eigenvalue weighted by Gasteiger charge is 2.15. The molecule has 3 aromatic carbocycles. The van der Waals surface area contributed by atoms with Crippen LogP contribution in [0.3, 0.4) is 0 Å². The smallest absolute Gasteiger partial charge is 0.343 e. The third-order valence-corrected chi connectivity index (χ3v) is 5.85. The van der Waals surface area contributed by atoms with E-state index in [0.717, 1.165) is 5.69 Å². The number of para-hydroxylation sites is 2. The van der Waals surface area contributed by atoms with Crippen LogP contribution in [-0.2, 0) is 9.53 Å². The predicted octanol–water partition coefficient (Wildman–Crippen LogP) is 6.21. The third kappa shape index (κ3) is 6.80. The normalized spacial score (nSPS) is 10.4. The Morgan fingerprint density at radius 2 is 1.77 bits per heavy atom. The van der Waals surface area contributed by atoms with Gasteiger partial charge in [0, 0.05) is 29.2 Å². The van der Waals surface area contributed by atoms with E-state index in [4.69, 9.17) is 30.5 Å². The van der Waals surface area contributed by atoms with Gasteiger partial charge in [0.25, 0.3) is 0 Å². The summed E-state index contributed by atoms with van der Waals surface area (Å²) in [7, 11) is 2.85. The van der Waals surface area contributed by atoms with Crippen molar-refractivity contribution in [1.29, 1.82) is 5.26 Å². The summed E-state index contributed by atoms with van der Waals surface area (Å²) in [5, 5.41) is 13.8. The molecule has 4 rings (SSSR count). The van der Waals surface area contributed by atoms with Gasteiger partial charge < -0.3 is 29.0 Å². The van der Waals surface area contributed by atoms with Gasteiger partial charge in [-0.15, -0.1) is 11.6 Å². The van der Waals surface area contributed by atoms with E-state index in [0.29, 0.717) is 69.8 Å². The Labute approximate surface area is 230 Å². The van der Waals surface area contributed by atoms with Gasteiger partial charge in [-0.05, 0) is 48.9 Å². The van der Waals surface area contributed by atoms with E-state index in [1.54, 1.807) is 55.6 Å². The summed E-state index contributed by atoms with van der Waals surface area (Å²) in [6.07, 6.45) is 2.21. The van der Waals surface area contributed by atoms with Gasteiger partial charge in [-0.1, -0.05) is 12.1 Å². The van der Waals surface area contributed by atoms with Crippen LogP contribution in [0.25, 0.3) is 10.9 Å². The molecule has 200 valence electrons. The number of ether oxygens (including phenoxy) is 5. The van der Waals surface area contributed by atoms with Crippen LogP contribution < -0.4 is 24.3 Å². The number of rotatable bonds is 12. The average molecular weight is 548 g/mol. The van der Waals surface area contributed by atoms with Crippen LogP contribution in [0, 0.1) is 11.3 Å². The number of hydrogen-bond acceptors (Lipinski definition) is 9. The van der Waals surface area contributed by atoms with Gasteiger partial charge in [0.15, 0.2) is 29.6 Å². The van der Waals surface area contributed by atoms with E-state index in [2.05, 4.69) is 21.1 Å². The first-order chi connectivity index (χ1) is 19.1. The van der Waals surface area contributed by atoms with Crippen molar-refractivity contribution in [3.05, 3.63) is 72.4 Å². The minimum Gasteiger partial charge on any atom is -0.493 e. The number of hydrogen-bond donors (Lipinski definition) is 1. The lowest BCUT2D eigenvalue weighted by Gasteiger charge is -2.16. The number of anilines is 2.